The van der Waals surface area contributed by atoms with Crippen LogP contribution in [0, 0.1) is 18.8 Å². The van der Waals surface area contributed by atoms with Gasteiger partial charge in [-0.05, 0) is 45.2 Å². The molecular formula is C26H34N4O2. The number of hydrogen-bond acceptors (Lipinski definition) is 5. The molecule has 0 aliphatic carbocycles. The molecular weight excluding hydrogens is 400 g/mol. The van der Waals surface area contributed by atoms with Crippen molar-refractivity contribution in [3.05, 3.63) is 59.9 Å². The maximum atomic E-state index is 13.1. The van der Waals surface area contributed by atoms with Crippen LogP contribution in [-0.4, -0.2) is 65.6 Å². The van der Waals surface area contributed by atoms with E-state index in [2.05, 4.69) is 58.2 Å². The van der Waals surface area contributed by atoms with Crippen molar-refractivity contribution in [1.29, 1.82) is 0 Å². The zero-order valence-corrected chi connectivity index (χ0v) is 19.2. The van der Waals surface area contributed by atoms with Gasteiger partial charge in [0, 0.05) is 56.2 Å². The third kappa shape index (κ3) is 5.61. The van der Waals surface area contributed by atoms with E-state index in [9.17, 15) is 4.79 Å². The molecule has 32 heavy (non-hydrogen) atoms. The van der Waals surface area contributed by atoms with Gasteiger partial charge in [0.1, 0.15) is 0 Å². The minimum atomic E-state index is 0.102. The topological polar surface area (TPSA) is 58.6 Å². The normalized spacial score (nSPS) is 20.5. The fourth-order valence-electron chi connectivity index (χ4n) is 4.73. The second-order valence-corrected chi connectivity index (χ2v) is 8.99. The number of ether oxygens (including phenoxy) is 1. The Morgan fingerprint density at radius 3 is 2.47 bits per heavy atom. The minimum Gasteiger partial charge on any atom is -0.383 e. The van der Waals surface area contributed by atoms with Crippen molar-refractivity contribution in [3.63, 3.8) is 0 Å². The first-order valence-electron chi connectivity index (χ1n) is 11.7. The minimum absolute atomic E-state index is 0.102. The van der Waals surface area contributed by atoms with Gasteiger partial charge in [-0.3, -0.25) is 9.69 Å². The summed E-state index contributed by atoms with van der Waals surface area (Å²) in [6.45, 7) is 6.93. The molecule has 6 heteroatoms. The summed E-state index contributed by atoms with van der Waals surface area (Å²) in [7, 11) is 1.69. The number of likely N-dealkylation sites (tertiary alicyclic amines) is 1. The molecule has 0 N–H and O–H groups in total. The van der Waals surface area contributed by atoms with Crippen LogP contribution in [0.1, 0.15) is 30.4 Å². The van der Waals surface area contributed by atoms with Crippen LogP contribution >= 0.6 is 0 Å². The number of aromatic nitrogens is 2. The summed E-state index contributed by atoms with van der Waals surface area (Å²) in [4.78, 5) is 26.7. The number of carbonyl (C=O) groups excluding carboxylic acids is 1. The highest BCUT2D eigenvalue weighted by molar-refractivity contribution is 5.80. The van der Waals surface area contributed by atoms with Gasteiger partial charge in [-0.1, -0.05) is 42.0 Å². The van der Waals surface area contributed by atoms with Crippen LogP contribution in [0.25, 0.3) is 11.4 Å². The van der Waals surface area contributed by atoms with Gasteiger partial charge < -0.3 is 9.64 Å². The third-order valence-corrected chi connectivity index (χ3v) is 6.70. The Morgan fingerprint density at radius 1 is 1.06 bits per heavy atom. The van der Waals surface area contributed by atoms with E-state index >= 15 is 0 Å². The molecule has 0 unspecified atom stereocenters. The van der Waals surface area contributed by atoms with E-state index in [1.54, 1.807) is 7.11 Å². The average Bonchev–Trinajstić information content (AvgIpc) is 3.00. The smallest absolute Gasteiger partial charge is 0.226 e. The second kappa shape index (κ2) is 10.8. The highest BCUT2D eigenvalue weighted by Crippen LogP contribution is 2.31. The quantitative estimate of drug-likeness (QED) is 0.622. The molecule has 2 aliphatic heterocycles. The lowest BCUT2D eigenvalue weighted by atomic mass is 9.81. The van der Waals surface area contributed by atoms with Crippen LogP contribution in [0.2, 0.25) is 0 Å². The van der Waals surface area contributed by atoms with Gasteiger partial charge in [0.15, 0.2) is 5.82 Å². The van der Waals surface area contributed by atoms with Crippen LogP contribution in [0.4, 0.5) is 0 Å². The van der Waals surface area contributed by atoms with Gasteiger partial charge in [-0.25, -0.2) is 9.97 Å². The molecule has 2 aliphatic rings. The Hall–Kier alpha value is -2.57. The Morgan fingerprint density at radius 2 is 1.78 bits per heavy atom. The summed E-state index contributed by atoms with van der Waals surface area (Å²) in [6, 6.07) is 8.30. The zero-order valence-electron chi connectivity index (χ0n) is 19.2. The van der Waals surface area contributed by atoms with E-state index in [1.165, 1.54) is 5.56 Å². The Balaban J connectivity index is 1.30. The van der Waals surface area contributed by atoms with E-state index < -0.39 is 0 Å². The van der Waals surface area contributed by atoms with Crippen molar-refractivity contribution in [1.82, 2.24) is 19.8 Å². The maximum absolute atomic E-state index is 13.1. The van der Waals surface area contributed by atoms with Crippen molar-refractivity contribution in [2.75, 3.05) is 39.9 Å². The standard InChI is InChI=1S/C26H34N4O2/c1-20-6-8-23(9-7-20)25-27-17-21(18-28-25)19-29-13-10-22(11-14-29)24-5-3-4-12-30(26(24)31)15-16-32-2/h3-4,6-9,17-18,22,24H,5,10-16,19H2,1-2H3/t24-/m1/s1. The van der Waals surface area contributed by atoms with Gasteiger partial charge in [-0.15, -0.1) is 0 Å². The predicted octanol–water partition coefficient (Wildman–Crippen LogP) is 3.72. The summed E-state index contributed by atoms with van der Waals surface area (Å²) >= 11 is 0. The van der Waals surface area contributed by atoms with E-state index in [-0.39, 0.29) is 5.92 Å². The number of amides is 1. The number of allylic oxidation sites excluding steroid dienone is 1. The maximum Gasteiger partial charge on any atom is 0.226 e. The van der Waals surface area contributed by atoms with Crippen molar-refractivity contribution >= 4 is 5.91 Å². The largest absolute Gasteiger partial charge is 0.383 e. The molecule has 1 aromatic heterocycles. The number of rotatable bonds is 7. The van der Waals surface area contributed by atoms with Gasteiger partial charge in [0.25, 0.3) is 0 Å². The first kappa shape index (κ1) is 22.6. The van der Waals surface area contributed by atoms with Crippen molar-refractivity contribution < 1.29 is 9.53 Å². The fourth-order valence-corrected chi connectivity index (χ4v) is 4.73. The molecule has 1 amide bonds. The third-order valence-electron chi connectivity index (χ3n) is 6.70. The molecule has 1 saturated heterocycles. The second-order valence-electron chi connectivity index (χ2n) is 8.99. The molecule has 0 spiro atoms. The highest BCUT2D eigenvalue weighted by Gasteiger charge is 2.33. The molecule has 0 radical (unpaired) electrons. The molecule has 2 aromatic rings. The van der Waals surface area contributed by atoms with E-state index in [0.29, 0.717) is 31.5 Å². The highest BCUT2D eigenvalue weighted by atomic mass is 16.5. The number of methoxy groups -OCH3 is 1. The van der Waals surface area contributed by atoms with Crippen molar-refractivity contribution in [2.24, 2.45) is 11.8 Å². The Kier molecular flexibility index (Phi) is 7.66. The number of aryl methyl sites for hydroxylation is 1. The number of hydrogen-bond donors (Lipinski definition) is 0. The molecule has 1 atom stereocenters. The van der Waals surface area contributed by atoms with E-state index in [1.807, 2.05) is 17.3 Å². The summed E-state index contributed by atoms with van der Waals surface area (Å²) in [5, 5.41) is 0. The molecule has 6 nitrogen and oxygen atoms in total. The Bertz CT molecular complexity index is 902. The van der Waals surface area contributed by atoms with Gasteiger partial charge in [0.05, 0.1) is 6.61 Å². The van der Waals surface area contributed by atoms with Crippen molar-refractivity contribution in [2.45, 2.75) is 32.7 Å². The van der Waals surface area contributed by atoms with Crippen LogP contribution in [0.15, 0.2) is 48.8 Å². The van der Waals surface area contributed by atoms with Gasteiger partial charge in [0.2, 0.25) is 5.91 Å². The SMILES string of the molecule is COCCN1CC=CC[C@H](C2CCN(Cc3cnc(-c4ccc(C)cc4)nc3)CC2)C1=O. The molecule has 0 bridgehead atoms. The van der Waals surface area contributed by atoms with Gasteiger partial charge >= 0.3 is 0 Å². The monoisotopic (exact) mass is 434 g/mol. The number of piperidine rings is 1. The van der Waals surface area contributed by atoms with Gasteiger partial charge in [-0.2, -0.15) is 0 Å². The summed E-state index contributed by atoms with van der Waals surface area (Å²) < 4.78 is 5.19. The molecule has 170 valence electrons. The van der Waals surface area contributed by atoms with Crippen molar-refractivity contribution in [3.8, 4) is 11.4 Å². The lowest BCUT2D eigenvalue weighted by molar-refractivity contribution is -0.137. The number of nitrogens with zero attached hydrogens (tertiary/aromatic N) is 4. The molecule has 0 saturated carbocycles. The molecule has 1 fully saturated rings. The zero-order chi connectivity index (χ0) is 22.3. The van der Waals surface area contributed by atoms with Crippen LogP contribution < -0.4 is 0 Å². The van der Waals surface area contributed by atoms with E-state index in [4.69, 9.17) is 4.74 Å². The van der Waals surface area contributed by atoms with E-state index in [0.717, 1.165) is 55.8 Å². The number of benzene rings is 1. The lowest BCUT2D eigenvalue weighted by Gasteiger charge is -2.36. The lowest BCUT2D eigenvalue weighted by Crippen LogP contribution is -2.43. The summed E-state index contributed by atoms with van der Waals surface area (Å²) in [6.07, 6.45) is 11.2. The molecule has 4 rings (SSSR count). The fraction of sp³-hybridized carbons (Fsp3) is 0.500. The first-order chi connectivity index (χ1) is 15.6. The van der Waals surface area contributed by atoms with Crippen LogP contribution in [0.5, 0.6) is 0 Å². The summed E-state index contributed by atoms with van der Waals surface area (Å²) in [5.74, 6) is 1.62. The van der Waals surface area contributed by atoms with Crippen LogP contribution in [-0.2, 0) is 16.1 Å². The molecule has 3 heterocycles. The average molecular weight is 435 g/mol. The Labute approximate surface area is 191 Å². The molecule has 1 aromatic carbocycles. The predicted molar refractivity (Wildman–Crippen MR) is 126 cm³/mol. The van der Waals surface area contributed by atoms with Crippen LogP contribution in [0.3, 0.4) is 0 Å². The first-order valence-corrected chi connectivity index (χ1v) is 11.7. The summed E-state index contributed by atoms with van der Waals surface area (Å²) in [5.41, 5.74) is 3.42. The number of carbonyl (C=O) groups is 1.